The van der Waals surface area contributed by atoms with E-state index in [1.165, 1.54) is 0 Å². The van der Waals surface area contributed by atoms with Crippen molar-refractivity contribution >= 4 is 97.0 Å². The second kappa shape index (κ2) is 4.97. The van der Waals surface area contributed by atoms with Crippen LogP contribution < -0.4 is 4.52 Å². The quantitative estimate of drug-likeness (QED) is 0.382. The van der Waals surface area contributed by atoms with E-state index in [0.29, 0.717) is 14.7 Å². The van der Waals surface area contributed by atoms with E-state index in [2.05, 4.69) is 47.8 Å². The van der Waals surface area contributed by atoms with Crippen molar-refractivity contribution in [1.29, 1.82) is 0 Å². The van der Waals surface area contributed by atoms with Crippen molar-refractivity contribution in [2.45, 2.75) is 0 Å². The molecule has 0 aliphatic carbocycles. The molecule has 0 aliphatic heterocycles. The molecule has 1 nitrogen and oxygen atoms in total. The van der Waals surface area contributed by atoms with Gasteiger partial charge in [0, 0.05) is 0 Å². The Labute approximate surface area is 131 Å². The number of benzene rings is 1. The van der Waals surface area contributed by atoms with Crippen LogP contribution in [0.4, 0.5) is 0 Å². The standard InChI is InChI=1S/C6H2Br3Cl4OP/c7-3-1-4(8)6(5(9)2-3)14-15(10,11,12)13/h1-2H. The Morgan fingerprint density at radius 1 is 0.933 bits per heavy atom. The maximum atomic E-state index is 5.66. The molecule has 0 unspecified atom stereocenters. The van der Waals surface area contributed by atoms with Gasteiger partial charge in [0.1, 0.15) is 0 Å². The second-order valence-corrected chi connectivity index (χ2v) is 17.4. The molecule has 0 amide bonds. The third-order valence-electron chi connectivity index (χ3n) is 1.19. The summed E-state index contributed by atoms with van der Waals surface area (Å²) in [4.78, 5) is 0. The molecule has 0 fully saturated rings. The molecule has 86 valence electrons. The first kappa shape index (κ1) is 15.1. The molecule has 0 aliphatic rings. The summed E-state index contributed by atoms with van der Waals surface area (Å²) in [7, 11) is 0. The number of hydrogen-bond donors (Lipinski definition) is 0. The van der Waals surface area contributed by atoms with Crippen molar-refractivity contribution in [3.05, 3.63) is 25.6 Å². The summed E-state index contributed by atoms with van der Waals surface area (Å²) >= 11 is 32.5. The fourth-order valence-corrected chi connectivity index (χ4v) is 4.73. The van der Waals surface area contributed by atoms with E-state index in [4.69, 9.17) is 49.5 Å². The molecular weight excluding hydrogens is 501 g/mol. The van der Waals surface area contributed by atoms with Crippen molar-refractivity contribution in [2.24, 2.45) is 0 Å². The number of hydrogen-bond acceptors (Lipinski definition) is 1. The molecular formula is C6H2Br3Cl4OP. The van der Waals surface area contributed by atoms with Crippen molar-refractivity contribution in [2.75, 3.05) is 0 Å². The Balaban J connectivity index is 3.17. The molecule has 0 N–H and O–H groups in total. The van der Waals surface area contributed by atoms with Gasteiger partial charge >= 0.3 is 133 Å². The van der Waals surface area contributed by atoms with Crippen LogP contribution in [0.25, 0.3) is 0 Å². The Kier molecular flexibility index (Phi) is 5.00. The SMILES string of the molecule is ClP(Cl)(Cl)(Cl)Oc1c(Br)cc(Br)cc1Br. The Morgan fingerprint density at radius 3 is 1.67 bits per heavy atom. The molecule has 0 atom stereocenters. The molecule has 1 aromatic carbocycles. The topological polar surface area (TPSA) is 9.23 Å². The van der Waals surface area contributed by atoms with Gasteiger partial charge in [-0.15, -0.1) is 0 Å². The van der Waals surface area contributed by atoms with Crippen LogP contribution in [0.1, 0.15) is 0 Å². The number of halogens is 7. The molecule has 0 radical (unpaired) electrons. The third kappa shape index (κ3) is 5.48. The molecule has 0 spiro atoms. The van der Waals surface area contributed by atoms with Crippen molar-refractivity contribution in [3.8, 4) is 5.75 Å². The van der Waals surface area contributed by atoms with Crippen molar-refractivity contribution in [3.63, 3.8) is 0 Å². The molecule has 1 aromatic rings. The average Bonchev–Trinajstić information content (AvgIpc) is 1.93. The van der Waals surface area contributed by atoms with Crippen LogP contribution in [0, 0.1) is 0 Å². The maximum absolute atomic E-state index is 5.66. The Bertz CT molecular complexity index is 373. The molecule has 15 heavy (non-hydrogen) atoms. The molecule has 0 saturated carbocycles. The van der Waals surface area contributed by atoms with Crippen LogP contribution in [0.5, 0.6) is 5.75 Å². The molecule has 0 heterocycles. The fraction of sp³-hybridized carbons (Fsp3) is 0. The summed E-state index contributed by atoms with van der Waals surface area (Å²) in [5.41, 5.74) is 0. The van der Waals surface area contributed by atoms with Gasteiger partial charge in [-0.05, 0) is 0 Å². The fourth-order valence-electron chi connectivity index (χ4n) is 0.754. The first-order chi connectivity index (χ1) is 6.55. The first-order valence-electron chi connectivity index (χ1n) is 3.28. The van der Waals surface area contributed by atoms with Gasteiger partial charge in [0.25, 0.3) is 0 Å². The average molecular weight is 503 g/mol. The van der Waals surface area contributed by atoms with Gasteiger partial charge in [0.2, 0.25) is 0 Å². The summed E-state index contributed by atoms with van der Waals surface area (Å²) in [6, 6.07) is 3.51. The molecule has 0 bridgehead atoms. The second-order valence-electron chi connectivity index (χ2n) is 2.45. The van der Waals surface area contributed by atoms with E-state index >= 15 is 0 Å². The summed E-state index contributed by atoms with van der Waals surface area (Å²) < 4.78 is 3.16. The van der Waals surface area contributed by atoms with Gasteiger partial charge in [0.05, 0.1) is 0 Å². The minimum atomic E-state index is -4.13. The van der Waals surface area contributed by atoms with Crippen molar-refractivity contribution in [1.82, 2.24) is 0 Å². The minimum absolute atomic E-state index is 0.353. The zero-order valence-electron chi connectivity index (χ0n) is 6.66. The van der Waals surface area contributed by atoms with Crippen LogP contribution in [0.3, 0.4) is 0 Å². The van der Waals surface area contributed by atoms with E-state index < -0.39 is 4.24 Å². The van der Waals surface area contributed by atoms with Crippen LogP contribution in [-0.4, -0.2) is 0 Å². The monoisotopic (exact) mass is 498 g/mol. The Morgan fingerprint density at radius 2 is 1.33 bits per heavy atom. The van der Waals surface area contributed by atoms with Crippen molar-refractivity contribution < 1.29 is 4.52 Å². The predicted octanol–water partition coefficient (Wildman–Crippen LogP) is 7.44. The van der Waals surface area contributed by atoms with Gasteiger partial charge in [-0.2, -0.15) is 0 Å². The summed E-state index contributed by atoms with van der Waals surface area (Å²) in [5, 5.41) is 0. The van der Waals surface area contributed by atoms with Crippen LogP contribution in [-0.2, 0) is 0 Å². The molecule has 1 rings (SSSR count). The van der Waals surface area contributed by atoms with E-state index in [0.717, 1.165) is 4.47 Å². The van der Waals surface area contributed by atoms with Crippen LogP contribution in [0.15, 0.2) is 25.6 Å². The zero-order chi connectivity index (χ0) is 11.9. The van der Waals surface area contributed by atoms with E-state index in [1.54, 1.807) is 12.1 Å². The predicted molar refractivity (Wildman–Crippen MR) is 80.5 cm³/mol. The summed E-state index contributed by atoms with van der Waals surface area (Å²) in [6.07, 6.45) is 0. The molecule has 0 saturated heterocycles. The van der Waals surface area contributed by atoms with E-state index in [-0.39, 0.29) is 0 Å². The van der Waals surface area contributed by atoms with Gasteiger partial charge in [-0.3, -0.25) is 0 Å². The summed E-state index contributed by atoms with van der Waals surface area (Å²) in [6.45, 7) is 0. The van der Waals surface area contributed by atoms with Gasteiger partial charge < -0.3 is 0 Å². The van der Waals surface area contributed by atoms with E-state index in [1.807, 2.05) is 0 Å². The number of rotatable bonds is 2. The first-order valence-corrected chi connectivity index (χ1v) is 11.4. The van der Waals surface area contributed by atoms with Gasteiger partial charge in [-0.25, -0.2) is 0 Å². The van der Waals surface area contributed by atoms with Crippen LogP contribution >= 0.6 is 97.0 Å². The Hall–Kier alpha value is 2.05. The van der Waals surface area contributed by atoms with Gasteiger partial charge in [-0.1, -0.05) is 0 Å². The van der Waals surface area contributed by atoms with E-state index in [9.17, 15) is 0 Å². The molecule has 0 aromatic heterocycles. The zero-order valence-corrected chi connectivity index (χ0v) is 15.3. The molecule has 9 heteroatoms. The third-order valence-corrected chi connectivity index (χ3v) is 4.11. The van der Waals surface area contributed by atoms with Crippen LogP contribution in [0.2, 0.25) is 0 Å². The van der Waals surface area contributed by atoms with Gasteiger partial charge in [0.15, 0.2) is 0 Å². The summed E-state index contributed by atoms with van der Waals surface area (Å²) in [5.74, 6) is 0.353. The normalized spacial score (nSPS) is 14.5.